The van der Waals surface area contributed by atoms with Crippen LogP contribution in [0, 0.1) is 5.92 Å². The fourth-order valence-electron chi connectivity index (χ4n) is 2.78. The Morgan fingerprint density at radius 2 is 1.71 bits per heavy atom. The summed E-state index contributed by atoms with van der Waals surface area (Å²) in [6.07, 6.45) is 7.06. The third kappa shape index (κ3) is 3.74. The van der Waals surface area contributed by atoms with Crippen molar-refractivity contribution in [1.82, 2.24) is 5.32 Å². The summed E-state index contributed by atoms with van der Waals surface area (Å²) in [6.45, 7) is 9.18. The van der Waals surface area contributed by atoms with E-state index < -0.39 is 0 Å². The summed E-state index contributed by atoms with van der Waals surface area (Å²) in [4.78, 5) is 0. The van der Waals surface area contributed by atoms with Crippen molar-refractivity contribution in [2.45, 2.75) is 51.6 Å². The van der Waals surface area contributed by atoms with Gasteiger partial charge in [-0.15, -0.1) is 0 Å². The van der Waals surface area contributed by atoms with Gasteiger partial charge in [-0.05, 0) is 46.5 Å². The maximum absolute atomic E-state index is 3.69. The number of allylic oxidation sites excluding steroid dienone is 2. The number of hydrogen-bond acceptors (Lipinski definition) is 1. The molecule has 0 spiro atoms. The zero-order valence-electron chi connectivity index (χ0n) is 9.73. The zero-order valence-corrected chi connectivity index (χ0v) is 11.3. The summed E-state index contributed by atoms with van der Waals surface area (Å²) in [5.74, 6) is 0.721. The topological polar surface area (TPSA) is 12.0 Å². The molecule has 0 aromatic rings. The lowest BCUT2D eigenvalue weighted by Crippen LogP contribution is -2.57. The fraction of sp³-hybridized carbons (Fsp3) is 0.833. The van der Waals surface area contributed by atoms with Crippen LogP contribution in [-0.4, -0.2) is 16.4 Å². The van der Waals surface area contributed by atoms with Crippen LogP contribution in [-0.2, 0) is 0 Å². The summed E-state index contributed by atoms with van der Waals surface area (Å²) >= 11 is 3.43. The van der Waals surface area contributed by atoms with Crippen molar-refractivity contribution in [2.24, 2.45) is 5.92 Å². The molecule has 0 aromatic heterocycles. The largest absolute Gasteiger partial charge is 0.307 e. The maximum atomic E-state index is 3.69. The van der Waals surface area contributed by atoms with E-state index in [1.165, 1.54) is 12.8 Å². The van der Waals surface area contributed by atoms with Gasteiger partial charge in [0.2, 0.25) is 0 Å². The Morgan fingerprint density at radius 3 is 2.14 bits per heavy atom. The lowest BCUT2D eigenvalue weighted by molar-refractivity contribution is 0.150. The molecule has 0 atom stereocenters. The van der Waals surface area contributed by atoms with Gasteiger partial charge in [-0.1, -0.05) is 28.1 Å². The Labute approximate surface area is 96.5 Å². The lowest BCUT2D eigenvalue weighted by atomic mass is 9.76. The summed E-state index contributed by atoms with van der Waals surface area (Å²) < 4.78 is 0. The molecule has 0 radical (unpaired) electrons. The van der Waals surface area contributed by atoms with Gasteiger partial charge < -0.3 is 5.32 Å². The van der Waals surface area contributed by atoms with Gasteiger partial charge in [0.1, 0.15) is 0 Å². The van der Waals surface area contributed by atoms with E-state index in [4.69, 9.17) is 0 Å². The highest BCUT2D eigenvalue weighted by Gasteiger charge is 2.36. The van der Waals surface area contributed by atoms with Gasteiger partial charge in [-0.25, -0.2) is 0 Å². The van der Waals surface area contributed by atoms with Gasteiger partial charge in [0.05, 0.1) is 0 Å². The fourth-order valence-corrected chi connectivity index (χ4v) is 3.00. The normalized spacial score (nSPS) is 26.9. The smallest absolute Gasteiger partial charge is 0.0212 e. The van der Waals surface area contributed by atoms with Crippen LogP contribution in [0.5, 0.6) is 0 Å². The first-order chi connectivity index (χ1) is 6.35. The maximum Gasteiger partial charge on any atom is 0.0212 e. The van der Waals surface area contributed by atoms with Crippen molar-refractivity contribution in [3.8, 4) is 0 Å². The Hall–Kier alpha value is 0.180. The van der Waals surface area contributed by atoms with E-state index in [-0.39, 0.29) is 11.1 Å². The predicted molar refractivity (Wildman–Crippen MR) is 67.0 cm³/mol. The summed E-state index contributed by atoms with van der Waals surface area (Å²) in [5, 5.41) is 4.66. The average molecular weight is 260 g/mol. The molecule has 1 N–H and O–H groups in total. The van der Waals surface area contributed by atoms with Crippen LogP contribution < -0.4 is 5.32 Å². The van der Waals surface area contributed by atoms with E-state index in [0.717, 1.165) is 11.2 Å². The van der Waals surface area contributed by atoms with Crippen LogP contribution in [0.4, 0.5) is 0 Å². The number of nitrogens with one attached hydrogen (secondary N) is 1. The second-order valence-corrected chi connectivity index (χ2v) is 6.29. The molecule has 1 rings (SSSR count). The van der Waals surface area contributed by atoms with Crippen LogP contribution in [0.3, 0.4) is 0 Å². The molecule has 0 saturated carbocycles. The van der Waals surface area contributed by atoms with Crippen molar-refractivity contribution in [1.29, 1.82) is 0 Å². The molecule has 0 aliphatic carbocycles. The standard InChI is InChI=1S/C12H22BrN/c1-11(2)8-10(6-5-7-13)9-12(3,4)14-11/h5-6,10,14H,7-9H2,1-4H3. The summed E-state index contributed by atoms with van der Waals surface area (Å²) in [5.41, 5.74) is 0.534. The molecule has 14 heavy (non-hydrogen) atoms. The molecule has 82 valence electrons. The number of piperidine rings is 1. The Balaban J connectivity index is 2.66. The highest BCUT2D eigenvalue weighted by molar-refractivity contribution is 9.09. The van der Waals surface area contributed by atoms with Crippen LogP contribution in [0.1, 0.15) is 40.5 Å². The van der Waals surface area contributed by atoms with Gasteiger partial charge in [0.15, 0.2) is 0 Å². The predicted octanol–water partition coefficient (Wildman–Crippen LogP) is 3.49. The zero-order chi connectivity index (χ0) is 10.8. The van der Waals surface area contributed by atoms with E-state index in [1.807, 2.05) is 0 Å². The number of rotatable bonds is 2. The molecule has 0 bridgehead atoms. The second kappa shape index (κ2) is 4.36. The van der Waals surface area contributed by atoms with E-state index in [1.54, 1.807) is 0 Å². The van der Waals surface area contributed by atoms with Crippen LogP contribution in [0.2, 0.25) is 0 Å². The Kier molecular flexibility index (Phi) is 3.81. The van der Waals surface area contributed by atoms with Gasteiger partial charge in [0, 0.05) is 16.4 Å². The van der Waals surface area contributed by atoms with Crippen molar-refractivity contribution in [3.05, 3.63) is 12.2 Å². The van der Waals surface area contributed by atoms with E-state index in [9.17, 15) is 0 Å². The Bertz CT molecular complexity index is 202. The molecule has 1 aliphatic rings. The van der Waals surface area contributed by atoms with Crippen molar-refractivity contribution in [3.63, 3.8) is 0 Å². The van der Waals surface area contributed by atoms with E-state index >= 15 is 0 Å². The molecule has 1 nitrogen and oxygen atoms in total. The Morgan fingerprint density at radius 1 is 1.21 bits per heavy atom. The molecular weight excluding hydrogens is 238 g/mol. The molecule has 1 fully saturated rings. The first-order valence-corrected chi connectivity index (χ1v) is 6.49. The first kappa shape index (κ1) is 12.3. The number of hydrogen-bond donors (Lipinski definition) is 1. The first-order valence-electron chi connectivity index (χ1n) is 5.37. The summed E-state index contributed by atoms with van der Waals surface area (Å²) in [6, 6.07) is 0. The minimum Gasteiger partial charge on any atom is -0.307 e. The molecule has 0 amide bonds. The average Bonchev–Trinajstić information content (AvgIpc) is 1.94. The van der Waals surface area contributed by atoms with E-state index in [2.05, 4.69) is 61.1 Å². The van der Waals surface area contributed by atoms with Gasteiger partial charge >= 0.3 is 0 Å². The van der Waals surface area contributed by atoms with Crippen LogP contribution in [0.15, 0.2) is 12.2 Å². The molecule has 0 aromatic carbocycles. The molecule has 1 aliphatic heterocycles. The quantitative estimate of drug-likeness (QED) is 0.592. The molecular formula is C12H22BrN. The van der Waals surface area contributed by atoms with Gasteiger partial charge in [-0.3, -0.25) is 0 Å². The van der Waals surface area contributed by atoms with Crippen molar-refractivity contribution in [2.75, 3.05) is 5.33 Å². The second-order valence-electron chi connectivity index (χ2n) is 5.64. The lowest BCUT2D eigenvalue weighted by Gasteiger charge is -2.45. The SMILES string of the molecule is CC1(C)CC(C=CCBr)CC(C)(C)N1. The highest BCUT2D eigenvalue weighted by Crippen LogP contribution is 2.33. The third-order valence-corrected chi connectivity index (χ3v) is 3.09. The van der Waals surface area contributed by atoms with Gasteiger partial charge in [-0.2, -0.15) is 0 Å². The van der Waals surface area contributed by atoms with Crippen molar-refractivity contribution >= 4 is 15.9 Å². The number of alkyl halides is 1. The highest BCUT2D eigenvalue weighted by atomic mass is 79.9. The minimum absolute atomic E-state index is 0.267. The van der Waals surface area contributed by atoms with Gasteiger partial charge in [0.25, 0.3) is 0 Å². The monoisotopic (exact) mass is 259 g/mol. The number of halogens is 1. The molecule has 1 saturated heterocycles. The van der Waals surface area contributed by atoms with E-state index in [0.29, 0.717) is 0 Å². The third-order valence-electron chi connectivity index (χ3n) is 2.72. The molecule has 0 unspecified atom stereocenters. The van der Waals surface area contributed by atoms with Crippen LogP contribution in [0.25, 0.3) is 0 Å². The van der Waals surface area contributed by atoms with Crippen LogP contribution >= 0.6 is 15.9 Å². The molecule has 1 heterocycles. The van der Waals surface area contributed by atoms with Crippen molar-refractivity contribution < 1.29 is 0 Å². The summed E-state index contributed by atoms with van der Waals surface area (Å²) in [7, 11) is 0. The minimum atomic E-state index is 0.267. The molecule has 2 heteroatoms.